The molecule has 0 aliphatic carbocycles. The molecule has 7 nitrogen and oxygen atoms in total. The molecule has 0 N–H and O–H groups in total. The standard InChI is InChI=1S/C29H30BrF2N3O4S/c1-3-39-27-9-8-22(30)13-28(27)40(37,38)35-18-21-7-5-4-6-20(21)12-26(35)29(36)33-10-11-34(19(2)17-33)25-15-23(31)14-24(32)16-25/h4-9,13-16,19,26H,3,10-12,17-18H2,1-2H3/t19-,26?/m1/s1. The summed E-state index contributed by atoms with van der Waals surface area (Å²) in [6, 6.07) is 14.5. The number of fused-ring (bicyclic) bond motifs is 1. The Bertz CT molecular complexity index is 1520. The number of hydrogen-bond acceptors (Lipinski definition) is 5. The zero-order valence-electron chi connectivity index (χ0n) is 22.2. The van der Waals surface area contributed by atoms with Crippen molar-refractivity contribution < 1.29 is 26.7 Å². The molecule has 1 fully saturated rings. The van der Waals surface area contributed by atoms with E-state index in [1.165, 1.54) is 22.5 Å². The van der Waals surface area contributed by atoms with Gasteiger partial charge < -0.3 is 14.5 Å². The van der Waals surface area contributed by atoms with Crippen LogP contribution in [0.5, 0.6) is 5.75 Å². The number of anilines is 1. The quantitative estimate of drug-likeness (QED) is 0.383. The molecule has 2 aliphatic heterocycles. The van der Waals surface area contributed by atoms with Gasteiger partial charge in [0.15, 0.2) is 0 Å². The molecule has 0 radical (unpaired) electrons. The number of halogens is 3. The van der Waals surface area contributed by atoms with Crippen LogP contribution in [-0.4, -0.2) is 61.9 Å². The van der Waals surface area contributed by atoms with Crippen LogP contribution in [0.1, 0.15) is 25.0 Å². The number of ether oxygens (including phenoxy) is 1. The van der Waals surface area contributed by atoms with E-state index in [0.717, 1.165) is 17.2 Å². The van der Waals surface area contributed by atoms with Gasteiger partial charge in [0.2, 0.25) is 15.9 Å². The molecule has 5 rings (SSSR count). The van der Waals surface area contributed by atoms with Crippen molar-refractivity contribution in [1.82, 2.24) is 9.21 Å². The van der Waals surface area contributed by atoms with Crippen molar-refractivity contribution in [1.29, 1.82) is 0 Å². The van der Waals surface area contributed by atoms with E-state index in [2.05, 4.69) is 15.9 Å². The zero-order valence-corrected chi connectivity index (χ0v) is 24.6. The Labute approximate surface area is 241 Å². The second-order valence-electron chi connectivity index (χ2n) is 10.0. The maximum atomic E-state index is 14.2. The van der Waals surface area contributed by atoms with Gasteiger partial charge in [-0.25, -0.2) is 17.2 Å². The molecule has 1 amide bonds. The van der Waals surface area contributed by atoms with E-state index >= 15 is 0 Å². The number of sulfonamides is 1. The van der Waals surface area contributed by atoms with Crippen molar-refractivity contribution in [3.63, 3.8) is 0 Å². The lowest BCUT2D eigenvalue weighted by Gasteiger charge is -2.44. The molecule has 1 saturated heterocycles. The van der Waals surface area contributed by atoms with Crippen molar-refractivity contribution in [2.24, 2.45) is 0 Å². The lowest BCUT2D eigenvalue weighted by Crippen LogP contribution is -2.59. The molecule has 40 heavy (non-hydrogen) atoms. The third-order valence-electron chi connectivity index (χ3n) is 7.40. The number of benzene rings is 3. The number of hydrogen-bond donors (Lipinski definition) is 0. The first-order valence-corrected chi connectivity index (χ1v) is 15.3. The molecule has 0 bridgehead atoms. The summed E-state index contributed by atoms with van der Waals surface area (Å²) in [5, 5.41) is 0. The Kier molecular flexibility index (Phi) is 8.17. The summed E-state index contributed by atoms with van der Waals surface area (Å²) in [5.41, 5.74) is 2.17. The molecule has 0 saturated carbocycles. The summed E-state index contributed by atoms with van der Waals surface area (Å²) in [5.74, 6) is -1.41. The van der Waals surface area contributed by atoms with Crippen LogP contribution in [0, 0.1) is 11.6 Å². The van der Waals surface area contributed by atoms with Gasteiger partial charge in [-0.15, -0.1) is 0 Å². The van der Waals surface area contributed by atoms with Crippen molar-refractivity contribution in [3.8, 4) is 5.75 Å². The van der Waals surface area contributed by atoms with Crippen molar-refractivity contribution in [2.45, 2.75) is 43.8 Å². The smallest absolute Gasteiger partial charge is 0.247 e. The average molecular weight is 635 g/mol. The first-order chi connectivity index (χ1) is 19.1. The van der Waals surface area contributed by atoms with Crippen LogP contribution in [0.4, 0.5) is 14.5 Å². The monoisotopic (exact) mass is 633 g/mol. The van der Waals surface area contributed by atoms with E-state index in [0.29, 0.717) is 16.7 Å². The molecule has 1 unspecified atom stereocenters. The minimum Gasteiger partial charge on any atom is -0.492 e. The summed E-state index contributed by atoms with van der Waals surface area (Å²) in [6.45, 7) is 4.91. The molecule has 3 aromatic carbocycles. The van der Waals surface area contributed by atoms with Gasteiger partial charge >= 0.3 is 0 Å². The second-order valence-corrected chi connectivity index (χ2v) is 12.8. The first-order valence-electron chi connectivity index (χ1n) is 13.1. The van der Waals surface area contributed by atoms with E-state index in [4.69, 9.17) is 4.74 Å². The maximum Gasteiger partial charge on any atom is 0.247 e. The number of nitrogens with zero attached hydrogens (tertiary/aromatic N) is 3. The second kappa shape index (κ2) is 11.5. The number of carbonyl (C=O) groups excluding carboxylic acids is 1. The van der Waals surface area contributed by atoms with Gasteiger partial charge in [0.25, 0.3) is 0 Å². The predicted octanol–water partition coefficient (Wildman–Crippen LogP) is 4.98. The molecule has 11 heteroatoms. The van der Waals surface area contributed by atoms with Gasteiger partial charge in [-0.2, -0.15) is 4.31 Å². The van der Waals surface area contributed by atoms with Gasteiger partial charge in [-0.1, -0.05) is 40.2 Å². The maximum absolute atomic E-state index is 14.2. The SMILES string of the molecule is CCOc1ccc(Br)cc1S(=O)(=O)N1Cc2ccccc2CC1C(=O)N1CCN(c2cc(F)cc(F)c2)[C@H](C)C1. The number of carbonyl (C=O) groups is 1. The highest BCUT2D eigenvalue weighted by Gasteiger charge is 2.43. The Morgan fingerprint density at radius 1 is 1.02 bits per heavy atom. The zero-order chi connectivity index (χ0) is 28.6. The predicted molar refractivity (Wildman–Crippen MR) is 152 cm³/mol. The average Bonchev–Trinajstić information content (AvgIpc) is 2.92. The summed E-state index contributed by atoms with van der Waals surface area (Å²) in [6.07, 6.45) is 0.232. The van der Waals surface area contributed by atoms with E-state index in [9.17, 15) is 22.0 Å². The molecule has 3 aromatic rings. The molecule has 0 aromatic heterocycles. The van der Waals surface area contributed by atoms with Crippen LogP contribution < -0.4 is 9.64 Å². The Morgan fingerprint density at radius 3 is 2.40 bits per heavy atom. The van der Waals surface area contributed by atoms with Crippen molar-refractivity contribution in [2.75, 3.05) is 31.1 Å². The normalized spacial score (nSPS) is 19.8. The van der Waals surface area contributed by atoms with Crippen LogP contribution in [0.2, 0.25) is 0 Å². The van der Waals surface area contributed by atoms with Crippen LogP contribution in [0.15, 0.2) is 70.0 Å². The van der Waals surface area contributed by atoms with Crippen LogP contribution in [-0.2, 0) is 27.8 Å². The summed E-state index contributed by atoms with van der Waals surface area (Å²) in [7, 11) is -4.15. The highest BCUT2D eigenvalue weighted by atomic mass is 79.9. The molecular formula is C29H30BrF2N3O4S. The highest BCUT2D eigenvalue weighted by Crippen LogP contribution is 2.35. The fourth-order valence-corrected chi connectivity index (χ4v) is 7.73. The first kappa shape index (κ1) is 28.5. The van der Waals surface area contributed by atoms with E-state index in [-0.39, 0.29) is 55.3 Å². The summed E-state index contributed by atoms with van der Waals surface area (Å²) < 4.78 is 63.6. The van der Waals surface area contributed by atoms with Crippen LogP contribution in [0.25, 0.3) is 0 Å². The lowest BCUT2D eigenvalue weighted by molar-refractivity contribution is -0.136. The third kappa shape index (κ3) is 5.59. The Balaban J connectivity index is 1.46. The van der Waals surface area contributed by atoms with Crippen molar-refractivity contribution in [3.05, 3.63) is 87.9 Å². The third-order valence-corrected chi connectivity index (χ3v) is 9.77. The van der Waals surface area contributed by atoms with E-state index < -0.39 is 27.7 Å². The minimum atomic E-state index is -4.15. The molecule has 2 heterocycles. The topological polar surface area (TPSA) is 70.2 Å². The largest absolute Gasteiger partial charge is 0.492 e. The van der Waals surface area contributed by atoms with E-state index in [1.807, 2.05) is 36.1 Å². The minimum absolute atomic E-state index is 0.00720. The fourth-order valence-electron chi connectivity index (χ4n) is 5.50. The Hall–Kier alpha value is -3.02. The fraction of sp³-hybridized carbons (Fsp3) is 0.345. The van der Waals surface area contributed by atoms with Gasteiger partial charge in [0, 0.05) is 48.4 Å². The summed E-state index contributed by atoms with van der Waals surface area (Å²) in [4.78, 5) is 17.6. The van der Waals surface area contributed by atoms with Crippen LogP contribution >= 0.6 is 15.9 Å². The molecule has 2 aliphatic rings. The van der Waals surface area contributed by atoms with Crippen LogP contribution in [0.3, 0.4) is 0 Å². The van der Waals surface area contributed by atoms with Gasteiger partial charge in [0.05, 0.1) is 6.61 Å². The number of rotatable bonds is 6. The Morgan fingerprint density at radius 2 is 1.73 bits per heavy atom. The number of piperazine rings is 1. The molecule has 2 atom stereocenters. The molecule has 212 valence electrons. The molecular weight excluding hydrogens is 604 g/mol. The van der Waals surface area contributed by atoms with Crippen molar-refractivity contribution >= 4 is 37.5 Å². The highest BCUT2D eigenvalue weighted by molar-refractivity contribution is 9.10. The summed E-state index contributed by atoms with van der Waals surface area (Å²) >= 11 is 3.37. The van der Waals surface area contributed by atoms with Gasteiger partial charge in [-0.3, -0.25) is 4.79 Å². The van der Waals surface area contributed by atoms with Gasteiger partial charge in [0.1, 0.15) is 28.3 Å². The lowest BCUT2D eigenvalue weighted by atomic mass is 9.95. The van der Waals surface area contributed by atoms with E-state index in [1.54, 1.807) is 24.0 Å². The molecule has 0 spiro atoms. The number of amides is 1. The van der Waals surface area contributed by atoms with Gasteiger partial charge in [-0.05, 0) is 61.7 Å².